The van der Waals surface area contributed by atoms with Gasteiger partial charge < -0.3 is 5.32 Å². The fraction of sp³-hybridized carbons (Fsp3) is 0.250. The van der Waals surface area contributed by atoms with E-state index in [1.807, 2.05) is 30.3 Å². The van der Waals surface area contributed by atoms with E-state index < -0.39 is 6.43 Å². The summed E-state index contributed by atoms with van der Waals surface area (Å²) in [7, 11) is 0. The first-order chi connectivity index (χ1) is 7.77. The fourth-order valence-corrected chi connectivity index (χ4v) is 1.61. The third kappa shape index (κ3) is 2.52. The highest BCUT2D eigenvalue weighted by Gasteiger charge is 2.18. The summed E-state index contributed by atoms with van der Waals surface area (Å²) in [5.74, 6) is 0. The Hall–Kier alpha value is -1.55. The summed E-state index contributed by atoms with van der Waals surface area (Å²) in [4.78, 5) is 4.30. The Kier molecular flexibility index (Phi) is 3.41. The summed E-state index contributed by atoms with van der Waals surface area (Å²) in [5, 5.41) is 1.56. The van der Waals surface area contributed by atoms with Crippen LogP contribution >= 0.6 is 0 Å². The van der Waals surface area contributed by atoms with Crippen LogP contribution in [0.15, 0.2) is 47.1 Å². The lowest BCUT2D eigenvalue weighted by Crippen LogP contribution is -2.84. The average Bonchev–Trinajstić information content (AvgIpc) is 2.56. The number of nitrogens with zero attached hydrogens (tertiary/aromatic N) is 1. The lowest BCUT2D eigenvalue weighted by molar-refractivity contribution is -0.611. The molecule has 0 atom stereocenters. The van der Waals surface area contributed by atoms with Gasteiger partial charge in [-0.25, -0.2) is 0 Å². The van der Waals surface area contributed by atoms with Crippen LogP contribution < -0.4 is 5.32 Å². The molecular formula is C12H13F2N2+. The first-order valence-corrected chi connectivity index (χ1v) is 5.20. The van der Waals surface area contributed by atoms with Crippen molar-refractivity contribution in [2.75, 3.05) is 13.1 Å². The molecule has 4 heteroatoms. The lowest BCUT2D eigenvalue weighted by Gasteiger charge is -2.01. The molecule has 0 spiro atoms. The van der Waals surface area contributed by atoms with Gasteiger partial charge in [0.05, 0.1) is 18.8 Å². The average molecular weight is 223 g/mol. The largest absolute Gasteiger partial charge is 0.311 e. The van der Waals surface area contributed by atoms with Gasteiger partial charge in [0, 0.05) is 6.08 Å². The lowest BCUT2D eigenvalue weighted by atomic mass is 10.1. The summed E-state index contributed by atoms with van der Waals surface area (Å²) in [6.45, 7) is 1.14. The Morgan fingerprint density at radius 1 is 1.19 bits per heavy atom. The number of rotatable bonds is 2. The van der Waals surface area contributed by atoms with Crippen molar-refractivity contribution in [3.8, 4) is 0 Å². The number of quaternary nitrogens is 1. The molecule has 0 aromatic heterocycles. The Morgan fingerprint density at radius 3 is 2.62 bits per heavy atom. The van der Waals surface area contributed by atoms with E-state index in [-0.39, 0.29) is 5.70 Å². The van der Waals surface area contributed by atoms with E-state index >= 15 is 0 Å². The SMILES string of the molecule is FC(F)C1=CC(c2ccccc2)=NCC[NH2+]1. The van der Waals surface area contributed by atoms with Gasteiger partial charge in [0.2, 0.25) is 0 Å². The van der Waals surface area contributed by atoms with Gasteiger partial charge in [-0.15, -0.1) is 0 Å². The predicted octanol–water partition coefficient (Wildman–Crippen LogP) is 1.20. The summed E-state index contributed by atoms with van der Waals surface area (Å²) in [5.41, 5.74) is 1.60. The zero-order valence-electron chi connectivity index (χ0n) is 8.74. The van der Waals surface area contributed by atoms with E-state index in [4.69, 9.17) is 0 Å². The fourth-order valence-electron chi connectivity index (χ4n) is 1.61. The molecule has 0 saturated carbocycles. The minimum Gasteiger partial charge on any atom is -0.311 e. The first-order valence-electron chi connectivity index (χ1n) is 5.20. The standard InChI is InChI=1S/C12H12F2N2/c13-12(14)11-8-10(15-6-7-16-11)9-4-2-1-3-5-9/h1-5,8,12,16H,6-7H2/p+1. The zero-order chi connectivity index (χ0) is 11.4. The number of hydrogen-bond donors (Lipinski definition) is 1. The normalized spacial score (nSPS) is 16.7. The maximum absolute atomic E-state index is 12.6. The molecule has 2 nitrogen and oxygen atoms in total. The maximum Gasteiger partial charge on any atom is 0.310 e. The molecule has 84 valence electrons. The molecule has 0 radical (unpaired) electrons. The summed E-state index contributed by atoms with van der Waals surface area (Å²) in [6.07, 6.45) is -0.945. The molecule has 1 aromatic carbocycles. The van der Waals surface area contributed by atoms with Crippen molar-refractivity contribution in [2.45, 2.75) is 6.43 Å². The van der Waals surface area contributed by atoms with Crippen molar-refractivity contribution in [2.24, 2.45) is 4.99 Å². The molecule has 2 N–H and O–H groups in total. The highest BCUT2D eigenvalue weighted by Crippen LogP contribution is 2.08. The second-order valence-electron chi connectivity index (χ2n) is 3.57. The van der Waals surface area contributed by atoms with Crippen LogP contribution in [0.5, 0.6) is 0 Å². The summed E-state index contributed by atoms with van der Waals surface area (Å²) >= 11 is 0. The Morgan fingerprint density at radius 2 is 1.94 bits per heavy atom. The minimum atomic E-state index is -2.42. The van der Waals surface area contributed by atoms with Crippen molar-refractivity contribution in [3.05, 3.63) is 47.7 Å². The van der Waals surface area contributed by atoms with Crippen LogP contribution in [0.2, 0.25) is 0 Å². The van der Waals surface area contributed by atoms with Crippen LogP contribution in [0.4, 0.5) is 8.78 Å². The van der Waals surface area contributed by atoms with Crippen LogP contribution in [-0.4, -0.2) is 25.2 Å². The second kappa shape index (κ2) is 4.99. The zero-order valence-corrected chi connectivity index (χ0v) is 8.74. The molecule has 0 fully saturated rings. The van der Waals surface area contributed by atoms with Crippen LogP contribution in [0.25, 0.3) is 0 Å². The highest BCUT2D eigenvalue weighted by molar-refractivity contribution is 6.09. The van der Waals surface area contributed by atoms with Crippen LogP contribution in [0.3, 0.4) is 0 Å². The van der Waals surface area contributed by atoms with E-state index in [0.29, 0.717) is 18.8 Å². The van der Waals surface area contributed by atoms with E-state index in [1.165, 1.54) is 6.08 Å². The molecule has 1 aromatic rings. The van der Waals surface area contributed by atoms with Crippen molar-refractivity contribution in [1.29, 1.82) is 0 Å². The highest BCUT2D eigenvalue weighted by atomic mass is 19.3. The number of benzene rings is 1. The van der Waals surface area contributed by atoms with Gasteiger partial charge in [0.25, 0.3) is 0 Å². The van der Waals surface area contributed by atoms with Crippen LogP contribution in [0.1, 0.15) is 5.56 Å². The summed E-state index contributed by atoms with van der Waals surface area (Å²) < 4.78 is 25.3. The first kappa shape index (κ1) is 11.0. The van der Waals surface area contributed by atoms with Crippen molar-refractivity contribution >= 4 is 5.71 Å². The number of halogens is 2. The Balaban J connectivity index is 2.32. The summed E-state index contributed by atoms with van der Waals surface area (Å²) in [6, 6.07) is 9.41. The molecule has 0 bridgehead atoms. The third-order valence-corrected chi connectivity index (χ3v) is 2.42. The number of alkyl halides is 2. The molecule has 1 aliphatic heterocycles. The topological polar surface area (TPSA) is 29.0 Å². The van der Waals surface area contributed by atoms with Crippen molar-refractivity contribution in [3.63, 3.8) is 0 Å². The van der Waals surface area contributed by atoms with Gasteiger partial charge in [-0.1, -0.05) is 30.3 Å². The van der Waals surface area contributed by atoms with E-state index in [2.05, 4.69) is 4.99 Å². The monoisotopic (exact) mass is 223 g/mol. The van der Waals surface area contributed by atoms with Gasteiger partial charge in [-0.05, 0) is 5.56 Å². The smallest absolute Gasteiger partial charge is 0.310 e. The predicted molar refractivity (Wildman–Crippen MR) is 58.7 cm³/mol. The van der Waals surface area contributed by atoms with E-state index in [9.17, 15) is 8.78 Å². The van der Waals surface area contributed by atoms with Crippen molar-refractivity contribution < 1.29 is 14.1 Å². The molecule has 0 saturated heterocycles. The molecule has 2 rings (SSSR count). The molecule has 1 aliphatic rings. The maximum atomic E-state index is 12.6. The third-order valence-electron chi connectivity index (χ3n) is 2.42. The van der Waals surface area contributed by atoms with Gasteiger partial charge in [-0.3, -0.25) is 4.99 Å². The number of aliphatic imine (C=N–C) groups is 1. The Bertz CT molecular complexity index is 410. The molecular weight excluding hydrogens is 210 g/mol. The molecule has 0 aliphatic carbocycles. The molecule has 0 unspecified atom stereocenters. The molecule has 16 heavy (non-hydrogen) atoms. The Labute approximate surface area is 92.7 Å². The van der Waals surface area contributed by atoms with Gasteiger partial charge in [0.1, 0.15) is 0 Å². The number of hydrogen-bond acceptors (Lipinski definition) is 1. The van der Waals surface area contributed by atoms with E-state index in [1.54, 1.807) is 5.32 Å². The van der Waals surface area contributed by atoms with Crippen LogP contribution in [0, 0.1) is 0 Å². The minimum absolute atomic E-state index is 0.0695. The van der Waals surface area contributed by atoms with Gasteiger partial charge >= 0.3 is 6.43 Å². The van der Waals surface area contributed by atoms with Gasteiger partial charge in [0.15, 0.2) is 5.70 Å². The quantitative estimate of drug-likeness (QED) is 0.780. The molecule has 0 amide bonds. The molecule has 1 heterocycles. The van der Waals surface area contributed by atoms with Crippen LogP contribution in [-0.2, 0) is 0 Å². The number of nitrogens with two attached hydrogens (primary N) is 1. The number of allylic oxidation sites excluding steroid dienone is 2. The van der Waals surface area contributed by atoms with E-state index in [0.717, 1.165) is 5.56 Å². The van der Waals surface area contributed by atoms with Gasteiger partial charge in [-0.2, -0.15) is 8.78 Å². The second-order valence-corrected chi connectivity index (χ2v) is 3.57. The van der Waals surface area contributed by atoms with Crippen molar-refractivity contribution in [1.82, 2.24) is 0 Å².